The minimum atomic E-state index is -4.57. The molecule has 8 heteroatoms. The van der Waals surface area contributed by atoms with Crippen LogP contribution in [0.4, 0.5) is 23.7 Å². The predicted octanol–water partition coefficient (Wildman–Crippen LogP) is 4.97. The van der Waals surface area contributed by atoms with E-state index in [4.69, 9.17) is 22.1 Å². The van der Waals surface area contributed by atoms with E-state index in [1.807, 2.05) is 0 Å². The van der Waals surface area contributed by atoms with Crippen molar-refractivity contribution in [2.45, 2.75) is 39.0 Å². The lowest BCUT2D eigenvalue weighted by molar-refractivity contribution is -0.137. The number of rotatable bonds is 1. The minimum absolute atomic E-state index is 0.0483. The zero-order valence-corrected chi connectivity index (χ0v) is 15.0. The van der Waals surface area contributed by atoms with Gasteiger partial charge < -0.3 is 15.4 Å². The van der Waals surface area contributed by atoms with Crippen LogP contribution in [0.5, 0.6) is 0 Å². The molecule has 1 aliphatic rings. The summed E-state index contributed by atoms with van der Waals surface area (Å²) < 4.78 is 45.3. The Morgan fingerprint density at radius 1 is 1.28 bits per heavy atom. The number of hydrogen-bond donors (Lipinski definition) is 1. The van der Waals surface area contributed by atoms with Crippen molar-refractivity contribution in [3.63, 3.8) is 0 Å². The predicted molar refractivity (Wildman–Crippen MR) is 91.3 cm³/mol. The van der Waals surface area contributed by atoms with Crippen LogP contribution in [0.2, 0.25) is 5.02 Å². The molecule has 2 N–H and O–H groups in total. The third-order valence-corrected chi connectivity index (χ3v) is 3.90. The summed E-state index contributed by atoms with van der Waals surface area (Å²) in [7, 11) is 0. The molecule has 138 valence electrons. The molecular formula is C17H20ClF3N2O2. The fourth-order valence-corrected chi connectivity index (χ4v) is 2.92. The van der Waals surface area contributed by atoms with Gasteiger partial charge in [-0.15, -0.1) is 0 Å². The fraction of sp³-hybridized carbons (Fsp3) is 0.471. The van der Waals surface area contributed by atoms with Crippen molar-refractivity contribution in [3.05, 3.63) is 34.4 Å². The first-order chi connectivity index (χ1) is 11.4. The number of nitrogen functional groups attached to an aromatic ring is 1. The van der Waals surface area contributed by atoms with E-state index in [9.17, 15) is 18.0 Å². The number of halogens is 4. The minimum Gasteiger partial charge on any atom is -0.444 e. The molecule has 0 aromatic heterocycles. The largest absolute Gasteiger partial charge is 0.444 e. The summed E-state index contributed by atoms with van der Waals surface area (Å²) in [6, 6.07) is 2.18. The first-order valence-electron chi connectivity index (χ1n) is 7.72. The highest BCUT2D eigenvalue weighted by atomic mass is 35.5. The molecule has 1 aromatic carbocycles. The molecule has 4 nitrogen and oxygen atoms in total. The number of ether oxygens (including phenoxy) is 1. The van der Waals surface area contributed by atoms with Crippen molar-refractivity contribution in [1.82, 2.24) is 4.90 Å². The lowest BCUT2D eigenvalue weighted by atomic mass is 9.94. The third kappa shape index (κ3) is 4.81. The molecule has 1 amide bonds. The van der Waals surface area contributed by atoms with Gasteiger partial charge >= 0.3 is 12.3 Å². The Labute approximate surface area is 149 Å². The van der Waals surface area contributed by atoms with Gasteiger partial charge in [-0.25, -0.2) is 4.79 Å². The highest BCUT2D eigenvalue weighted by molar-refractivity contribution is 6.32. The van der Waals surface area contributed by atoms with Crippen molar-refractivity contribution in [1.29, 1.82) is 0 Å². The normalized spacial score (nSPS) is 15.8. The van der Waals surface area contributed by atoms with E-state index in [0.29, 0.717) is 5.57 Å². The van der Waals surface area contributed by atoms with Crippen LogP contribution in [0.1, 0.15) is 38.3 Å². The topological polar surface area (TPSA) is 55.6 Å². The van der Waals surface area contributed by atoms with Crippen molar-refractivity contribution in [2.75, 3.05) is 18.8 Å². The van der Waals surface area contributed by atoms with Gasteiger partial charge in [-0.1, -0.05) is 17.7 Å². The maximum Gasteiger partial charge on any atom is 0.417 e. The molecule has 2 rings (SSSR count). The highest BCUT2D eigenvalue weighted by Gasteiger charge is 2.36. The van der Waals surface area contributed by atoms with E-state index in [1.54, 1.807) is 26.8 Å². The Balaban J connectivity index is 2.29. The van der Waals surface area contributed by atoms with Crippen LogP contribution in [-0.2, 0) is 10.9 Å². The number of amides is 1. The Bertz CT molecular complexity index is 709. The molecule has 0 bridgehead atoms. The summed E-state index contributed by atoms with van der Waals surface area (Å²) in [5.41, 5.74) is 4.32. The van der Waals surface area contributed by atoms with Crippen LogP contribution in [-0.4, -0.2) is 29.7 Å². The molecule has 0 aliphatic carbocycles. The van der Waals surface area contributed by atoms with E-state index >= 15 is 0 Å². The SMILES string of the molecule is CC(C)(C)OC(=O)N1CC=C(c2c(Cl)cc(N)cc2C(F)(F)F)CC1. The molecule has 0 atom stereocenters. The summed E-state index contributed by atoms with van der Waals surface area (Å²) in [5.74, 6) is 0. The quantitative estimate of drug-likeness (QED) is 0.704. The van der Waals surface area contributed by atoms with E-state index in [-0.39, 0.29) is 35.8 Å². The van der Waals surface area contributed by atoms with Gasteiger partial charge in [0.1, 0.15) is 5.60 Å². The average Bonchev–Trinajstić information content (AvgIpc) is 2.44. The summed E-state index contributed by atoms with van der Waals surface area (Å²) in [4.78, 5) is 13.5. The zero-order chi connectivity index (χ0) is 19.0. The van der Waals surface area contributed by atoms with Crippen molar-refractivity contribution < 1.29 is 22.7 Å². The van der Waals surface area contributed by atoms with Crippen LogP contribution in [0, 0.1) is 0 Å². The Morgan fingerprint density at radius 2 is 1.92 bits per heavy atom. The van der Waals surface area contributed by atoms with Gasteiger partial charge in [0.25, 0.3) is 0 Å². The number of carbonyl (C=O) groups is 1. The molecule has 25 heavy (non-hydrogen) atoms. The van der Waals surface area contributed by atoms with Crippen molar-refractivity contribution >= 4 is 29.0 Å². The molecule has 0 saturated heterocycles. The molecule has 1 aromatic rings. The van der Waals surface area contributed by atoms with Crippen LogP contribution in [0.25, 0.3) is 5.57 Å². The molecule has 0 unspecified atom stereocenters. The van der Waals surface area contributed by atoms with Crippen LogP contribution < -0.4 is 5.73 Å². The van der Waals surface area contributed by atoms with Gasteiger partial charge in [0, 0.05) is 24.3 Å². The van der Waals surface area contributed by atoms with Gasteiger partial charge in [0.05, 0.1) is 10.6 Å². The second-order valence-electron chi connectivity index (χ2n) is 6.83. The van der Waals surface area contributed by atoms with E-state index in [1.165, 1.54) is 11.0 Å². The van der Waals surface area contributed by atoms with Crippen molar-refractivity contribution in [2.24, 2.45) is 0 Å². The number of carbonyl (C=O) groups excluding carboxylic acids is 1. The van der Waals surface area contributed by atoms with E-state index in [0.717, 1.165) is 6.07 Å². The molecule has 0 radical (unpaired) electrons. The van der Waals surface area contributed by atoms with Crippen LogP contribution in [0.3, 0.4) is 0 Å². The first-order valence-corrected chi connectivity index (χ1v) is 8.10. The molecule has 0 saturated carbocycles. The molecular weight excluding hydrogens is 357 g/mol. The van der Waals surface area contributed by atoms with Gasteiger partial charge in [-0.05, 0) is 44.9 Å². The fourth-order valence-electron chi connectivity index (χ4n) is 2.57. The Morgan fingerprint density at radius 3 is 2.40 bits per heavy atom. The third-order valence-electron chi connectivity index (χ3n) is 3.60. The summed E-state index contributed by atoms with van der Waals surface area (Å²) >= 11 is 6.03. The second kappa shape index (κ2) is 6.78. The number of hydrogen-bond acceptors (Lipinski definition) is 3. The maximum atomic E-state index is 13.3. The standard InChI is InChI=1S/C17H20ClF3N2O2/c1-16(2,3)25-15(24)23-6-4-10(5-7-23)14-12(17(19,20)21)8-11(22)9-13(14)18/h4,8-9H,5-7,22H2,1-3H3. The molecule has 0 spiro atoms. The zero-order valence-electron chi connectivity index (χ0n) is 14.2. The summed E-state index contributed by atoms with van der Waals surface area (Å²) in [6.45, 7) is 5.65. The average molecular weight is 377 g/mol. The number of alkyl halides is 3. The van der Waals surface area contributed by atoms with Crippen molar-refractivity contribution in [3.8, 4) is 0 Å². The second-order valence-corrected chi connectivity index (χ2v) is 7.24. The Hall–Kier alpha value is -1.89. The number of benzene rings is 1. The summed E-state index contributed by atoms with van der Waals surface area (Å²) in [5, 5.41) is -0.0516. The molecule has 1 aliphatic heterocycles. The highest BCUT2D eigenvalue weighted by Crippen LogP contribution is 2.41. The maximum absolute atomic E-state index is 13.3. The molecule has 0 fully saturated rings. The lowest BCUT2D eigenvalue weighted by Crippen LogP contribution is -2.39. The van der Waals surface area contributed by atoms with Gasteiger partial charge in [-0.3, -0.25) is 0 Å². The number of nitrogens with two attached hydrogens (primary N) is 1. The molecule has 1 heterocycles. The number of nitrogens with zero attached hydrogens (tertiary/aromatic N) is 1. The van der Waals surface area contributed by atoms with Crippen LogP contribution >= 0.6 is 11.6 Å². The van der Waals surface area contributed by atoms with Crippen LogP contribution in [0.15, 0.2) is 18.2 Å². The van der Waals surface area contributed by atoms with E-state index < -0.39 is 23.4 Å². The van der Waals surface area contributed by atoms with Gasteiger partial charge in [0.2, 0.25) is 0 Å². The van der Waals surface area contributed by atoms with Gasteiger partial charge in [0.15, 0.2) is 0 Å². The lowest BCUT2D eigenvalue weighted by Gasteiger charge is -2.30. The van der Waals surface area contributed by atoms with E-state index in [2.05, 4.69) is 0 Å². The first kappa shape index (κ1) is 19.4. The Kier molecular flexibility index (Phi) is 5.27. The number of anilines is 1. The summed E-state index contributed by atoms with van der Waals surface area (Å²) in [6.07, 6.45) is -3.26. The monoisotopic (exact) mass is 376 g/mol. The smallest absolute Gasteiger partial charge is 0.417 e. The van der Waals surface area contributed by atoms with Gasteiger partial charge in [-0.2, -0.15) is 13.2 Å².